The van der Waals surface area contributed by atoms with E-state index in [1.54, 1.807) is 0 Å². The van der Waals surface area contributed by atoms with Crippen molar-refractivity contribution in [1.82, 2.24) is 5.32 Å². The Morgan fingerprint density at radius 1 is 0.492 bits per heavy atom. The second-order valence-corrected chi connectivity index (χ2v) is 21.0. The molecule has 1 N–H and O–H groups in total. The van der Waals surface area contributed by atoms with Gasteiger partial charge in [0, 0.05) is 24.3 Å². The van der Waals surface area contributed by atoms with Gasteiger partial charge in [0.25, 0.3) is 0 Å². The normalized spacial score (nSPS) is 12.6. The lowest BCUT2D eigenvalue weighted by molar-refractivity contribution is -0.151. The number of amides is 1. The maximum absolute atomic E-state index is 12.9. The Bertz CT molecular complexity index is 906. The van der Waals surface area contributed by atoms with Crippen molar-refractivity contribution in [1.29, 1.82) is 0 Å². The molecule has 352 valence electrons. The maximum Gasteiger partial charge on any atom is 0.306 e. The topological polar surface area (TPSA) is 73.9 Å². The molecule has 0 bridgehead atoms. The minimum atomic E-state index is -0.222. The molecule has 6 nitrogen and oxygen atoms in total. The van der Waals surface area contributed by atoms with Gasteiger partial charge in [-0.05, 0) is 85.2 Å². The highest BCUT2D eigenvalue weighted by atomic mass is 32.2. The van der Waals surface area contributed by atoms with E-state index in [9.17, 15) is 9.59 Å². The number of carbonyl (C=O) groups excluding carboxylic acids is 2. The van der Waals surface area contributed by atoms with Crippen LogP contribution in [0.4, 0.5) is 0 Å². The lowest BCUT2D eigenvalue weighted by Gasteiger charge is -2.26. The molecule has 0 aliphatic rings. The Hall–Kier alpha value is -0.790. The van der Waals surface area contributed by atoms with Gasteiger partial charge in [-0.15, -0.1) is 0 Å². The van der Waals surface area contributed by atoms with Crippen LogP contribution in [0.5, 0.6) is 0 Å². The van der Waals surface area contributed by atoms with Crippen LogP contribution in [0.2, 0.25) is 0 Å². The molecule has 0 saturated heterocycles. The fraction of sp³-hybridized carbons (Fsp3) is 0.962. The van der Waals surface area contributed by atoms with Gasteiger partial charge in [0.1, 0.15) is 6.10 Å². The molecule has 0 rings (SSSR count). The summed E-state index contributed by atoms with van der Waals surface area (Å²) >= 11 is 1.49. The summed E-state index contributed by atoms with van der Waals surface area (Å²) in [4.78, 5) is 25.4. The molecule has 0 spiro atoms. The third-order valence-electron chi connectivity index (χ3n) is 11.6. The Morgan fingerprint density at radius 3 is 1.24 bits per heavy atom. The summed E-state index contributed by atoms with van der Waals surface area (Å²) in [6.45, 7) is 16.9. The zero-order valence-corrected chi connectivity index (χ0v) is 41.6. The lowest BCUT2D eigenvalue weighted by atomic mass is 10.0. The predicted molar refractivity (Wildman–Crippen MR) is 258 cm³/mol. The molecule has 0 aromatic heterocycles. The van der Waals surface area contributed by atoms with E-state index in [1.807, 2.05) is 0 Å². The first-order valence-electron chi connectivity index (χ1n) is 25.9. The molecule has 0 aliphatic carbocycles. The second kappa shape index (κ2) is 42.5. The molecule has 7 heteroatoms. The van der Waals surface area contributed by atoms with Gasteiger partial charge < -0.3 is 19.0 Å². The van der Waals surface area contributed by atoms with E-state index in [1.165, 1.54) is 198 Å². The highest BCUT2D eigenvalue weighted by molar-refractivity contribution is 7.96. The molecular formula is C52H103NO5S. The minimum Gasteiger partial charge on any atom is -0.462 e. The van der Waals surface area contributed by atoms with Crippen LogP contribution in [-0.4, -0.2) is 48.1 Å². The monoisotopic (exact) mass is 854 g/mol. The molecule has 0 aromatic rings. The quantitative estimate of drug-likeness (QED) is 0.0374. The van der Waals surface area contributed by atoms with Crippen molar-refractivity contribution >= 4 is 23.9 Å². The van der Waals surface area contributed by atoms with Crippen molar-refractivity contribution in [3.63, 3.8) is 0 Å². The van der Waals surface area contributed by atoms with E-state index in [0.29, 0.717) is 19.8 Å². The standard InChI is InChI=1S/C52H103NO5S/c1-8-10-12-14-16-18-20-22-24-26-28-30-32-34-36-38-41-48(40-37-35-33-31-29-27-25-23-21-19-17-15-13-11-9-2)58-50(55)43-42-49(54)53-45-39-46-57-59-52(6,7)44-47-56-51(3,4)5/h48H,8-47H2,1-7H3,(H,53,54). The molecule has 0 aliphatic heterocycles. The van der Waals surface area contributed by atoms with Gasteiger partial charge in [0.05, 0.1) is 18.6 Å². The number of carbonyl (C=O) groups is 2. The molecule has 0 heterocycles. The fourth-order valence-corrected chi connectivity index (χ4v) is 8.37. The number of unbranched alkanes of at least 4 members (excludes halogenated alkanes) is 29. The van der Waals surface area contributed by atoms with Crippen molar-refractivity contribution < 1.29 is 23.2 Å². The molecular weight excluding hydrogens is 751 g/mol. The lowest BCUT2D eigenvalue weighted by Crippen LogP contribution is -2.27. The van der Waals surface area contributed by atoms with Crippen molar-refractivity contribution in [3.8, 4) is 0 Å². The van der Waals surface area contributed by atoms with Gasteiger partial charge >= 0.3 is 5.97 Å². The number of hydrogen-bond donors (Lipinski definition) is 1. The average Bonchev–Trinajstić information content (AvgIpc) is 3.18. The molecule has 1 amide bonds. The Kier molecular flexibility index (Phi) is 41.9. The molecule has 0 aromatic carbocycles. The SMILES string of the molecule is CCCCCCCCCCCCCCCCCCC(CCCCCCCCCCCCCCCCC)OC(=O)CCC(=O)NCCCOSC(C)(C)CCOC(C)(C)C. The van der Waals surface area contributed by atoms with E-state index in [2.05, 4.69) is 53.8 Å². The van der Waals surface area contributed by atoms with Gasteiger partial charge in [-0.25, -0.2) is 0 Å². The van der Waals surface area contributed by atoms with Crippen LogP contribution in [0.3, 0.4) is 0 Å². The van der Waals surface area contributed by atoms with Gasteiger partial charge in [-0.1, -0.05) is 200 Å². The van der Waals surface area contributed by atoms with Gasteiger partial charge in [0.2, 0.25) is 5.91 Å². The summed E-state index contributed by atoms with van der Waals surface area (Å²) in [6.07, 6.45) is 46.0. The van der Waals surface area contributed by atoms with E-state index in [4.69, 9.17) is 13.7 Å². The van der Waals surface area contributed by atoms with Crippen LogP contribution in [-0.2, 0) is 23.2 Å². The summed E-state index contributed by atoms with van der Waals surface area (Å²) < 4.78 is 17.7. The summed E-state index contributed by atoms with van der Waals surface area (Å²) in [7, 11) is 0. The van der Waals surface area contributed by atoms with Gasteiger partial charge in [-0.2, -0.15) is 0 Å². The third-order valence-corrected chi connectivity index (χ3v) is 12.6. The van der Waals surface area contributed by atoms with Crippen LogP contribution in [0, 0.1) is 0 Å². The minimum absolute atomic E-state index is 0.0156. The molecule has 1 unspecified atom stereocenters. The third kappa shape index (κ3) is 46.5. The van der Waals surface area contributed by atoms with E-state index in [0.717, 1.165) is 38.5 Å². The first-order chi connectivity index (χ1) is 28.5. The highest BCUT2D eigenvalue weighted by Crippen LogP contribution is 2.29. The number of rotatable bonds is 46. The van der Waals surface area contributed by atoms with Gasteiger partial charge in [-0.3, -0.25) is 9.59 Å². The zero-order valence-electron chi connectivity index (χ0n) is 40.8. The average molecular weight is 854 g/mol. The maximum atomic E-state index is 12.9. The molecule has 0 fully saturated rings. The molecule has 0 radical (unpaired) electrons. The molecule has 0 saturated carbocycles. The zero-order chi connectivity index (χ0) is 43.6. The van der Waals surface area contributed by atoms with Crippen molar-refractivity contribution in [2.24, 2.45) is 0 Å². The fourth-order valence-electron chi connectivity index (χ4n) is 7.68. The number of ether oxygens (including phenoxy) is 2. The molecule has 59 heavy (non-hydrogen) atoms. The number of esters is 1. The Morgan fingerprint density at radius 2 is 0.864 bits per heavy atom. The van der Waals surface area contributed by atoms with Crippen LogP contribution in [0.1, 0.15) is 286 Å². The Balaban J connectivity index is 4.31. The highest BCUT2D eigenvalue weighted by Gasteiger charge is 2.21. The van der Waals surface area contributed by atoms with Crippen molar-refractivity contribution in [2.45, 2.75) is 302 Å². The van der Waals surface area contributed by atoms with Crippen LogP contribution >= 0.6 is 12.0 Å². The Labute approximate surface area is 373 Å². The van der Waals surface area contributed by atoms with Crippen LogP contribution in [0.15, 0.2) is 0 Å². The summed E-state index contributed by atoms with van der Waals surface area (Å²) in [5, 5.41) is 2.95. The van der Waals surface area contributed by atoms with Crippen LogP contribution in [0.25, 0.3) is 0 Å². The molecule has 1 atom stereocenters. The van der Waals surface area contributed by atoms with Crippen molar-refractivity contribution in [2.75, 3.05) is 19.8 Å². The van der Waals surface area contributed by atoms with Gasteiger partial charge in [0.15, 0.2) is 0 Å². The first kappa shape index (κ1) is 58.2. The van der Waals surface area contributed by atoms with E-state index < -0.39 is 0 Å². The predicted octanol–water partition coefficient (Wildman–Crippen LogP) is 16.7. The summed E-state index contributed by atoms with van der Waals surface area (Å²) in [6, 6.07) is 0. The summed E-state index contributed by atoms with van der Waals surface area (Å²) in [5.41, 5.74) is -0.130. The van der Waals surface area contributed by atoms with Crippen LogP contribution < -0.4 is 5.32 Å². The second-order valence-electron chi connectivity index (χ2n) is 19.5. The van der Waals surface area contributed by atoms with E-state index in [-0.39, 0.29) is 41.2 Å². The number of hydrogen-bond acceptors (Lipinski definition) is 6. The number of nitrogens with one attached hydrogen (secondary N) is 1. The van der Waals surface area contributed by atoms with E-state index >= 15 is 0 Å². The van der Waals surface area contributed by atoms with Crippen molar-refractivity contribution in [3.05, 3.63) is 0 Å². The largest absolute Gasteiger partial charge is 0.462 e. The smallest absolute Gasteiger partial charge is 0.306 e. The summed E-state index contributed by atoms with van der Waals surface area (Å²) in [5.74, 6) is -0.314. The first-order valence-corrected chi connectivity index (χ1v) is 26.6.